The maximum absolute atomic E-state index is 13.3. The molecule has 1 atom stereocenters. The number of H-pyrrole nitrogens is 2. The number of amides is 3. The summed E-state index contributed by atoms with van der Waals surface area (Å²) in [7, 11) is 0. The number of fused-ring (bicyclic) bond motifs is 4. The Labute approximate surface area is 325 Å². The van der Waals surface area contributed by atoms with Crippen LogP contribution in [0, 0.1) is 5.92 Å². The molecule has 15 heteroatoms. The van der Waals surface area contributed by atoms with Crippen LogP contribution in [-0.4, -0.2) is 81.6 Å². The second-order valence-corrected chi connectivity index (χ2v) is 14.9. The number of aliphatic imine (C=N–C) groups is 2. The molecule has 5 N–H and O–H groups in total. The van der Waals surface area contributed by atoms with Gasteiger partial charge in [0, 0.05) is 48.1 Å². The third-order valence-corrected chi connectivity index (χ3v) is 10.8. The van der Waals surface area contributed by atoms with Crippen molar-refractivity contribution in [3.63, 3.8) is 0 Å². The molecule has 0 spiro atoms. The predicted molar refractivity (Wildman–Crippen MR) is 214 cm³/mol. The first-order chi connectivity index (χ1) is 27.8. The number of carbonyl (C=O) groups is 2. The number of carbonyl (C=O) groups excluding carboxylic acids is 2. The predicted octanol–water partition coefficient (Wildman–Crippen LogP) is 6.54. The number of para-hydroxylation sites is 2. The van der Waals surface area contributed by atoms with Gasteiger partial charge >= 0.3 is 6.03 Å². The minimum atomic E-state index is -2.91. The van der Waals surface area contributed by atoms with E-state index in [2.05, 4.69) is 51.9 Å². The van der Waals surface area contributed by atoms with E-state index in [9.17, 15) is 18.4 Å². The molecule has 2 saturated carbocycles. The van der Waals surface area contributed by atoms with Crippen LogP contribution < -0.4 is 20.9 Å². The van der Waals surface area contributed by atoms with Gasteiger partial charge in [-0.05, 0) is 72.5 Å². The topological polar surface area (TPSA) is 165 Å². The van der Waals surface area contributed by atoms with Crippen molar-refractivity contribution in [1.82, 2.24) is 25.3 Å². The number of urea groups is 1. The number of nitrogens with zero attached hydrogens (tertiary/aromatic N) is 5. The summed E-state index contributed by atoms with van der Waals surface area (Å²) in [5.74, 6) is -3.47. The Morgan fingerprint density at radius 3 is 2.32 bits per heavy atom. The molecule has 2 aliphatic carbocycles. The van der Waals surface area contributed by atoms with Crippen LogP contribution in [0.4, 0.5) is 30.6 Å². The average Bonchev–Trinajstić information content (AvgIpc) is 3.78. The number of halogens is 2. The van der Waals surface area contributed by atoms with Gasteiger partial charge in [0.25, 0.3) is 5.92 Å². The largest absolute Gasteiger partial charge is 0.378 e. The quantitative estimate of drug-likeness (QED) is 0.124. The minimum absolute atomic E-state index is 0.150. The summed E-state index contributed by atoms with van der Waals surface area (Å²) in [6.45, 7) is 4.19. The van der Waals surface area contributed by atoms with Crippen LogP contribution in [0.15, 0.2) is 88.8 Å². The van der Waals surface area contributed by atoms with Gasteiger partial charge in [-0.15, -0.1) is 0 Å². The van der Waals surface area contributed by atoms with Gasteiger partial charge in [0.15, 0.2) is 11.6 Å². The fraction of sp³-hybridized carbons (Fsp3) is 0.286. The molecule has 2 aromatic heterocycles. The summed E-state index contributed by atoms with van der Waals surface area (Å²) in [6.07, 6.45) is 1.74. The summed E-state index contributed by atoms with van der Waals surface area (Å²) in [4.78, 5) is 51.8. The van der Waals surface area contributed by atoms with Crippen molar-refractivity contribution in [3.05, 3.63) is 113 Å². The molecule has 13 nitrogen and oxygen atoms in total. The van der Waals surface area contributed by atoms with Gasteiger partial charge in [0.2, 0.25) is 5.91 Å². The minimum Gasteiger partial charge on any atom is -0.378 e. The Kier molecular flexibility index (Phi) is 8.54. The van der Waals surface area contributed by atoms with Gasteiger partial charge in [-0.2, -0.15) is 0 Å². The number of hydrogen-bond acceptors (Lipinski definition) is 8. The fourth-order valence-electron chi connectivity index (χ4n) is 7.51. The molecule has 6 aromatic rings. The molecule has 3 aliphatic heterocycles. The lowest BCUT2D eigenvalue weighted by Gasteiger charge is -2.28. The Morgan fingerprint density at radius 2 is 1.53 bits per heavy atom. The van der Waals surface area contributed by atoms with Crippen LogP contribution in [0.2, 0.25) is 0 Å². The summed E-state index contributed by atoms with van der Waals surface area (Å²) >= 11 is 0. The molecule has 57 heavy (non-hydrogen) atoms. The second-order valence-electron chi connectivity index (χ2n) is 14.9. The van der Waals surface area contributed by atoms with E-state index in [0.717, 1.165) is 93.2 Å². The summed E-state index contributed by atoms with van der Waals surface area (Å²) in [5, 5.41) is 8.52. The van der Waals surface area contributed by atoms with E-state index < -0.39 is 24.2 Å². The third-order valence-electron chi connectivity index (χ3n) is 10.8. The molecule has 288 valence electrons. The van der Waals surface area contributed by atoms with Crippen molar-refractivity contribution in [1.29, 1.82) is 0 Å². The van der Waals surface area contributed by atoms with Gasteiger partial charge < -0.3 is 35.6 Å². The van der Waals surface area contributed by atoms with Crippen molar-refractivity contribution >= 4 is 62.5 Å². The molecule has 11 rings (SSSR count). The van der Waals surface area contributed by atoms with Crippen LogP contribution in [0.25, 0.3) is 22.1 Å². The molecule has 3 fully saturated rings. The van der Waals surface area contributed by atoms with Gasteiger partial charge in [0.1, 0.15) is 17.3 Å². The Balaban J connectivity index is 0.000000143. The average molecular weight is 769 g/mol. The van der Waals surface area contributed by atoms with E-state index in [0.29, 0.717) is 49.6 Å². The lowest BCUT2D eigenvalue weighted by atomic mass is 10.0. The van der Waals surface area contributed by atoms with E-state index in [4.69, 9.17) is 9.72 Å². The number of rotatable bonds is 7. The number of benzene rings is 4. The van der Waals surface area contributed by atoms with Crippen LogP contribution in [-0.2, 0) is 22.6 Å². The van der Waals surface area contributed by atoms with E-state index in [1.54, 1.807) is 12.1 Å². The molecule has 5 aliphatic rings. The fourth-order valence-corrected chi connectivity index (χ4v) is 7.51. The molecule has 3 amide bonds. The maximum Gasteiger partial charge on any atom is 0.319 e. The zero-order chi connectivity index (χ0) is 38.7. The Hall–Kier alpha value is -6.48. The highest BCUT2D eigenvalue weighted by Crippen LogP contribution is 2.49. The van der Waals surface area contributed by atoms with Crippen LogP contribution in [0.5, 0.6) is 0 Å². The number of aromatic nitrogens is 4. The zero-order valence-electron chi connectivity index (χ0n) is 30.7. The maximum atomic E-state index is 13.3. The lowest BCUT2D eigenvalue weighted by Crippen LogP contribution is -2.36. The Morgan fingerprint density at radius 1 is 0.789 bits per heavy atom. The highest BCUT2D eigenvalue weighted by atomic mass is 19.3. The number of ether oxygens (including phenoxy) is 1. The van der Waals surface area contributed by atoms with E-state index in [-0.39, 0.29) is 6.03 Å². The number of morpholine rings is 1. The van der Waals surface area contributed by atoms with Crippen molar-refractivity contribution in [3.8, 4) is 0 Å². The van der Waals surface area contributed by atoms with Gasteiger partial charge in [-0.1, -0.05) is 30.3 Å². The number of anilines is 3. The second kappa shape index (κ2) is 13.9. The van der Waals surface area contributed by atoms with Crippen LogP contribution in [0.3, 0.4) is 0 Å². The van der Waals surface area contributed by atoms with Crippen molar-refractivity contribution in [2.45, 2.75) is 44.3 Å². The van der Waals surface area contributed by atoms with Crippen LogP contribution in [0.1, 0.15) is 53.2 Å². The summed E-state index contributed by atoms with van der Waals surface area (Å²) in [5.41, 5.74) is 11.3. The van der Waals surface area contributed by atoms with E-state index >= 15 is 0 Å². The SMILES string of the molecule is O=C(Nc1ccc2c(c1)C(c1nc3ccccc3[nH]1)=NC2)NC1CC1.O=C(Nc1cccc2c1C(c1nc3ccc(N4CCOCC4)cc3[nH]1)=NC2)C1CC1(F)F. The monoisotopic (exact) mass is 768 g/mol. The van der Waals surface area contributed by atoms with Crippen molar-refractivity contribution in [2.24, 2.45) is 15.9 Å². The third kappa shape index (κ3) is 6.99. The number of imidazole rings is 2. The van der Waals surface area contributed by atoms with E-state index in [1.807, 2.05) is 60.7 Å². The van der Waals surface area contributed by atoms with Gasteiger partial charge in [-0.25, -0.2) is 23.5 Å². The van der Waals surface area contributed by atoms with Gasteiger partial charge in [-0.3, -0.25) is 14.8 Å². The van der Waals surface area contributed by atoms with Crippen LogP contribution >= 0.6 is 0 Å². The first-order valence-electron chi connectivity index (χ1n) is 19.1. The first-order valence-corrected chi connectivity index (χ1v) is 19.1. The molecule has 0 bridgehead atoms. The molecule has 1 saturated heterocycles. The molecular formula is C42H38F2N10O3. The van der Waals surface area contributed by atoms with Crippen molar-refractivity contribution < 1.29 is 23.1 Å². The highest BCUT2D eigenvalue weighted by molar-refractivity contribution is 6.18. The number of alkyl halides is 2. The van der Waals surface area contributed by atoms with Gasteiger partial charge in [0.05, 0.1) is 54.1 Å². The molecule has 1 unspecified atom stereocenters. The lowest BCUT2D eigenvalue weighted by molar-refractivity contribution is -0.119. The Bertz CT molecular complexity index is 2610. The smallest absolute Gasteiger partial charge is 0.319 e. The van der Waals surface area contributed by atoms with E-state index in [1.165, 1.54) is 0 Å². The normalized spacial score (nSPS) is 18.9. The zero-order valence-corrected chi connectivity index (χ0v) is 30.7. The number of hydrogen-bond donors (Lipinski definition) is 5. The molecule has 4 aromatic carbocycles. The summed E-state index contributed by atoms with van der Waals surface area (Å²) in [6, 6.07) is 25.5. The molecule has 5 heterocycles. The highest BCUT2D eigenvalue weighted by Gasteiger charge is 2.61. The number of aromatic amines is 2. The standard InChI is InChI=1S/C23H21F2N5O2.C19H17N5O/c24-23(25)11-15(23)22(31)29-17-3-1-2-13-12-26-20(19(13)17)21-27-16-5-4-14(10-18(16)28-21)30-6-8-32-9-7-30;25-19(21-12-7-8-12)22-13-6-5-11-10-20-17(14(11)9-13)18-23-15-3-1-2-4-16(15)24-18/h1-5,10,15H,6-9,11-12H2,(H,27,28)(H,29,31);1-6,9,12H,7-8,10H2,(H,23,24)(H2,21,22,25). The summed E-state index contributed by atoms with van der Waals surface area (Å²) < 4.78 is 32.1. The molecule has 0 radical (unpaired) electrons. The molecular weight excluding hydrogens is 731 g/mol. The van der Waals surface area contributed by atoms with Crippen molar-refractivity contribution in [2.75, 3.05) is 41.8 Å². The first kappa shape index (κ1) is 35.0. The number of nitrogens with one attached hydrogen (secondary N) is 5.